The minimum Gasteiger partial charge on any atom is -0.314 e. The number of Topliss-reactive ketones (excluding diaryl/α,β-unsaturated/α-hetero) is 3. The molecule has 0 bridgehead atoms. The fraction of sp³-hybridized carbons (Fsp3) is 0.652. The Kier molecular flexibility index (Phi) is 50.5. The first-order chi connectivity index (χ1) is 18.0. The molecule has 1 aliphatic carbocycles. The van der Waals surface area contributed by atoms with E-state index in [4.69, 9.17) is 13.6 Å². The van der Waals surface area contributed by atoms with Crippen molar-refractivity contribution in [3.63, 3.8) is 0 Å². The van der Waals surface area contributed by atoms with E-state index in [-0.39, 0.29) is 63.7 Å². The first-order valence-corrected chi connectivity index (χ1v) is 15.4. The summed E-state index contributed by atoms with van der Waals surface area (Å²) in [7, 11) is -2.89. The maximum Gasteiger partial charge on any atom is 1.00 e. The summed E-state index contributed by atoms with van der Waals surface area (Å²) in [5.74, 6) is 0.349. The molecule has 1 fully saturated rings. The van der Waals surface area contributed by atoms with E-state index in [2.05, 4.69) is 13.6 Å². The molecule has 40 heavy (non-hydrogen) atoms. The van der Waals surface area contributed by atoms with E-state index in [9.17, 15) is 28.1 Å². The summed E-state index contributed by atoms with van der Waals surface area (Å²) in [4.78, 5) is 31.2. The van der Waals surface area contributed by atoms with Crippen molar-refractivity contribution >= 4 is 42.1 Å². The molecule has 1 saturated carbocycles. The number of hydrogen-bond acceptors (Lipinski definition) is 12. The summed E-state index contributed by atoms with van der Waals surface area (Å²) in [6, 6.07) is 0. The number of hydrogen-bond donors (Lipinski definition) is 0. The predicted molar refractivity (Wildman–Crippen MR) is 147 cm³/mol. The van der Waals surface area contributed by atoms with Gasteiger partial charge in [0.2, 0.25) is 0 Å². The quantitative estimate of drug-likeness (QED) is 0.118. The standard InChI is InChI=1S/3C6H13O4P.C5H5.Co.Na/c3*1-6(7)4-3-5-10-11(8)9-2;1-2-4-5-3-1;;/h3*11H,3-5H2,1-2H3;1-5H;;/q;;;;;+1. The third-order valence-electron chi connectivity index (χ3n) is 3.73. The van der Waals surface area contributed by atoms with Crippen LogP contribution < -0.4 is 29.6 Å². The molecule has 232 valence electrons. The van der Waals surface area contributed by atoms with Gasteiger partial charge in [-0.2, -0.15) is 0 Å². The number of rotatable bonds is 18. The van der Waals surface area contributed by atoms with E-state index in [0.29, 0.717) is 58.3 Å². The average molecular weight is 687 g/mol. The summed E-state index contributed by atoms with van der Waals surface area (Å²) in [5.41, 5.74) is 0. The van der Waals surface area contributed by atoms with Gasteiger partial charge in [-0.25, -0.2) is 0 Å². The molecule has 0 N–H and O–H groups in total. The zero-order valence-electron chi connectivity index (χ0n) is 24.5. The van der Waals surface area contributed by atoms with Crippen LogP contribution in [0.1, 0.15) is 59.3 Å². The van der Waals surface area contributed by atoms with E-state index >= 15 is 0 Å². The fourth-order valence-corrected chi connectivity index (χ4v) is 3.21. The van der Waals surface area contributed by atoms with Gasteiger partial charge in [-0.1, -0.05) is 0 Å². The van der Waals surface area contributed by atoms with E-state index in [1.807, 2.05) is 32.1 Å². The molecule has 0 heterocycles. The van der Waals surface area contributed by atoms with Crippen LogP contribution in [0.4, 0.5) is 0 Å². The van der Waals surface area contributed by atoms with Crippen LogP contribution in [0.3, 0.4) is 0 Å². The Morgan fingerprint density at radius 2 is 0.725 bits per heavy atom. The van der Waals surface area contributed by atoms with E-state index in [1.54, 1.807) is 0 Å². The van der Waals surface area contributed by atoms with Crippen molar-refractivity contribution in [2.45, 2.75) is 59.3 Å². The number of carbonyl (C=O) groups excluding carboxylic acids is 3. The Labute approximate surface area is 274 Å². The molecule has 0 amide bonds. The minimum absolute atomic E-state index is 0. The second kappa shape index (κ2) is 40.0. The second-order valence-electron chi connectivity index (χ2n) is 7.29. The Morgan fingerprint density at radius 1 is 0.525 bits per heavy atom. The summed E-state index contributed by atoms with van der Waals surface area (Å²) < 4.78 is 58.9. The van der Waals surface area contributed by atoms with Crippen molar-refractivity contribution in [1.29, 1.82) is 0 Å². The van der Waals surface area contributed by atoms with Gasteiger partial charge in [0.25, 0.3) is 0 Å². The summed E-state index contributed by atoms with van der Waals surface area (Å²) in [6.07, 6.45) is 13.2. The maximum absolute atomic E-state index is 10.5. The van der Waals surface area contributed by atoms with Crippen molar-refractivity contribution in [1.82, 2.24) is 0 Å². The molecule has 12 nitrogen and oxygen atoms in total. The van der Waals surface area contributed by atoms with Gasteiger partial charge in [-0.3, -0.25) is 13.7 Å². The molecular formula is C23H44CoNaO12P3+. The fourth-order valence-electron chi connectivity index (χ4n) is 1.93. The number of ketones is 3. The molecule has 0 saturated heterocycles. The Bertz CT molecular complexity index is 595. The van der Waals surface area contributed by atoms with Gasteiger partial charge in [-0.15, -0.1) is 0 Å². The SMILES string of the molecule is CO[PH](=O)OCCCC(C)=O.CO[PH](=O)OCCCC(C)=O.CO[PH](=O)OCCCC(C)=O.[CH]1[CH][CH][CH][CH]1.[Co].[Na+]. The smallest absolute Gasteiger partial charge is 0.314 e. The predicted octanol–water partition coefficient (Wildman–Crippen LogP) is 2.25. The summed E-state index contributed by atoms with van der Waals surface area (Å²) in [6.45, 7) is 5.51. The molecule has 0 aromatic rings. The van der Waals surface area contributed by atoms with Crippen LogP contribution in [-0.2, 0) is 72.0 Å². The van der Waals surface area contributed by atoms with Gasteiger partial charge in [0.05, 0.1) is 19.8 Å². The first-order valence-electron chi connectivity index (χ1n) is 11.8. The topological polar surface area (TPSA) is 158 Å². The van der Waals surface area contributed by atoms with Crippen molar-refractivity contribution in [2.24, 2.45) is 0 Å². The van der Waals surface area contributed by atoms with Crippen molar-refractivity contribution in [2.75, 3.05) is 41.2 Å². The minimum atomic E-state index is -2.29. The normalized spacial score (nSPS) is 13.7. The van der Waals surface area contributed by atoms with Crippen molar-refractivity contribution in [3.8, 4) is 0 Å². The first kappa shape index (κ1) is 50.6. The molecule has 0 aromatic carbocycles. The van der Waals surface area contributed by atoms with E-state index in [0.717, 1.165) is 0 Å². The van der Waals surface area contributed by atoms with Crippen LogP contribution in [0.2, 0.25) is 0 Å². The Morgan fingerprint density at radius 3 is 0.875 bits per heavy atom. The molecule has 0 aliphatic heterocycles. The molecule has 6 radical (unpaired) electrons. The van der Waals surface area contributed by atoms with Crippen molar-refractivity contribution in [3.05, 3.63) is 32.1 Å². The Balaban J connectivity index is -0.000000137. The van der Waals surface area contributed by atoms with Crippen LogP contribution in [-0.4, -0.2) is 58.5 Å². The molecule has 0 spiro atoms. The molecule has 1 rings (SSSR count). The monoisotopic (exact) mass is 687 g/mol. The number of carbonyl (C=O) groups is 3. The van der Waals surface area contributed by atoms with Crippen LogP contribution in [0, 0.1) is 32.1 Å². The molecule has 17 heteroatoms. The van der Waals surface area contributed by atoms with E-state index < -0.39 is 24.8 Å². The van der Waals surface area contributed by atoms with Gasteiger partial charge in [0.15, 0.2) is 0 Å². The third kappa shape index (κ3) is 51.7. The second-order valence-corrected chi connectivity index (χ2v) is 10.9. The summed E-state index contributed by atoms with van der Waals surface area (Å²) >= 11 is 0. The Hall–Kier alpha value is 0.966. The molecule has 3 unspecified atom stereocenters. The zero-order chi connectivity index (χ0) is 29.6. The van der Waals surface area contributed by atoms with Gasteiger partial charge in [0, 0.05) is 57.4 Å². The van der Waals surface area contributed by atoms with Gasteiger partial charge in [0.1, 0.15) is 17.3 Å². The van der Waals surface area contributed by atoms with Crippen LogP contribution in [0.15, 0.2) is 0 Å². The van der Waals surface area contributed by atoms with Crippen LogP contribution in [0.5, 0.6) is 0 Å². The van der Waals surface area contributed by atoms with Crippen LogP contribution in [0.25, 0.3) is 0 Å². The average Bonchev–Trinajstić information content (AvgIpc) is 3.47. The third-order valence-corrected chi connectivity index (χ3v) is 6.05. The maximum atomic E-state index is 10.5. The van der Waals surface area contributed by atoms with Gasteiger partial charge >= 0.3 is 54.3 Å². The zero-order valence-corrected chi connectivity index (χ0v) is 30.5. The van der Waals surface area contributed by atoms with Crippen molar-refractivity contribution < 1.29 is 102 Å². The largest absolute Gasteiger partial charge is 1.00 e. The van der Waals surface area contributed by atoms with Gasteiger partial charge in [-0.05, 0) is 72.1 Å². The molecule has 3 atom stereocenters. The van der Waals surface area contributed by atoms with Crippen LogP contribution >= 0.6 is 24.8 Å². The molecule has 1 aliphatic rings. The van der Waals surface area contributed by atoms with Gasteiger partial charge < -0.3 is 41.5 Å². The summed E-state index contributed by atoms with van der Waals surface area (Å²) in [5, 5.41) is 0. The molecular weight excluding hydrogens is 643 g/mol. The van der Waals surface area contributed by atoms with E-state index in [1.165, 1.54) is 42.1 Å². The molecule has 0 aromatic heterocycles.